The van der Waals surface area contributed by atoms with Crippen molar-refractivity contribution in [1.82, 2.24) is 18.9 Å². The predicted octanol–water partition coefficient (Wildman–Crippen LogP) is 4.53. The Hall–Kier alpha value is -4.23. The molecule has 0 bridgehead atoms. The molecule has 3 heterocycles. The summed E-state index contributed by atoms with van der Waals surface area (Å²) in [6.45, 7) is 1.95. The first-order valence-corrected chi connectivity index (χ1v) is 12.0. The number of methoxy groups -OCH3 is 1. The van der Waals surface area contributed by atoms with Crippen molar-refractivity contribution in [1.29, 1.82) is 0 Å². The van der Waals surface area contributed by atoms with E-state index in [1.54, 1.807) is 31.5 Å². The van der Waals surface area contributed by atoms with E-state index in [1.165, 1.54) is 4.40 Å². The summed E-state index contributed by atoms with van der Waals surface area (Å²) in [6, 6.07) is 27.0. The van der Waals surface area contributed by atoms with E-state index in [9.17, 15) is 9.59 Å². The van der Waals surface area contributed by atoms with Crippen LogP contribution in [0.2, 0.25) is 0 Å². The monoisotopic (exact) mass is 480 g/mol. The summed E-state index contributed by atoms with van der Waals surface area (Å²) in [5.41, 5.74) is 3.40. The fourth-order valence-electron chi connectivity index (χ4n) is 4.49. The molecule has 3 aromatic heterocycles. The van der Waals surface area contributed by atoms with E-state index in [-0.39, 0.29) is 11.5 Å². The molecule has 36 heavy (non-hydrogen) atoms. The minimum atomic E-state index is -0.187. The molecule has 0 atom stereocenters. The van der Waals surface area contributed by atoms with Crippen molar-refractivity contribution >= 4 is 22.6 Å². The van der Waals surface area contributed by atoms with Crippen LogP contribution in [0.4, 0.5) is 0 Å². The lowest BCUT2D eigenvalue weighted by Crippen LogP contribution is -2.32. The Bertz CT molecular complexity index is 1500. The molecule has 7 heteroatoms. The molecular weight excluding hydrogens is 452 g/mol. The van der Waals surface area contributed by atoms with Gasteiger partial charge >= 0.3 is 0 Å². The van der Waals surface area contributed by atoms with Gasteiger partial charge in [0.2, 0.25) is 0 Å². The minimum absolute atomic E-state index is 0.147. The first-order valence-electron chi connectivity index (χ1n) is 12.0. The van der Waals surface area contributed by atoms with Gasteiger partial charge in [0, 0.05) is 39.5 Å². The van der Waals surface area contributed by atoms with Crippen LogP contribution in [0.5, 0.6) is 0 Å². The van der Waals surface area contributed by atoms with Gasteiger partial charge in [0.05, 0.1) is 5.39 Å². The summed E-state index contributed by atoms with van der Waals surface area (Å²) < 4.78 is 8.64. The lowest BCUT2D eigenvalue weighted by Gasteiger charge is -2.24. The number of rotatable bonds is 9. The fraction of sp³-hybridized carbons (Fsp3) is 0.207. The van der Waals surface area contributed by atoms with Crippen LogP contribution in [0.15, 0.2) is 95.9 Å². The van der Waals surface area contributed by atoms with Gasteiger partial charge in [0.1, 0.15) is 17.0 Å². The van der Waals surface area contributed by atoms with Crippen LogP contribution in [0.3, 0.4) is 0 Å². The normalized spacial score (nSPS) is 11.2. The standard InChI is InChI=1S/C29H28N4O3/c1-36-18-10-17-32-25(19-24-27(32)30-26-15-8-9-16-33(26)28(24)34)29(35)31(20-22-11-4-2-5-12-22)21-23-13-6-3-7-14-23/h2-9,11-16,19H,10,17-18,20-21H2,1H3. The fourth-order valence-corrected chi connectivity index (χ4v) is 4.49. The third kappa shape index (κ3) is 4.78. The van der Waals surface area contributed by atoms with E-state index in [0.29, 0.717) is 55.0 Å². The van der Waals surface area contributed by atoms with Crippen molar-refractivity contribution in [3.63, 3.8) is 0 Å². The molecule has 0 spiro atoms. The molecule has 7 nitrogen and oxygen atoms in total. The summed E-state index contributed by atoms with van der Waals surface area (Å²) >= 11 is 0. The number of carbonyl (C=O) groups excluding carboxylic acids is 1. The Kier molecular flexibility index (Phi) is 6.91. The van der Waals surface area contributed by atoms with Gasteiger partial charge < -0.3 is 14.2 Å². The maximum atomic E-state index is 14.1. The van der Waals surface area contributed by atoms with Gasteiger partial charge in [-0.25, -0.2) is 4.98 Å². The van der Waals surface area contributed by atoms with E-state index >= 15 is 0 Å². The number of hydrogen-bond donors (Lipinski definition) is 0. The Morgan fingerprint density at radius 1 is 0.917 bits per heavy atom. The van der Waals surface area contributed by atoms with Gasteiger partial charge in [0.15, 0.2) is 0 Å². The molecule has 182 valence electrons. The number of aryl methyl sites for hydroxylation is 1. The molecule has 0 aliphatic rings. The SMILES string of the molecule is COCCCn1c(C(=O)N(Cc2ccccc2)Cc2ccccc2)cc2c(=O)n3ccccc3nc21. The number of benzene rings is 2. The molecular formula is C29H28N4O3. The van der Waals surface area contributed by atoms with E-state index in [1.807, 2.05) is 76.2 Å². The van der Waals surface area contributed by atoms with Crippen LogP contribution >= 0.6 is 0 Å². The Balaban J connectivity index is 1.62. The highest BCUT2D eigenvalue weighted by Gasteiger charge is 2.24. The maximum Gasteiger partial charge on any atom is 0.271 e. The second kappa shape index (κ2) is 10.6. The van der Waals surface area contributed by atoms with E-state index in [2.05, 4.69) is 0 Å². The van der Waals surface area contributed by atoms with Gasteiger partial charge in [-0.15, -0.1) is 0 Å². The quantitative estimate of drug-likeness (QED) is 0.291. The Morgan fingerprint density at radius 2 is 1.56 bits per heavy atom. The van der Waals surface area contributed by atoms with Crippen molar-refractivity contribution in [3.05, 3.63) is 118 Å². The average Bonchev–Trinajstić information content (AvgIpc) is 3.28. The third-order valence-corrected chi connectivity index (χ3v) is 6.25. The topological polar surface area (TPSA) is 68.8 Å². The van der Waals surface area contributed by atoms with E-state index in [4.69, 9.17) is 9.72 Å². The van der Waals surface area contributed by atoms with Crippen molar-refractivity contribution < 1.29 is 9.53 Å². The molecule has 0 fully saturated rings. The first kappa shape index (κ1) is 23.5. The van der Waals surface area contributed by atoms with Crippen LogP contribution in [0, 0.1) is 0 Å². The Morgan fingerprint density at radius 3 is 2.19 bits per heavy atom. The smallest absolute Gasteiger partial charge is 0.271 e. The highest BCUT2D eigenvalue weighted by Crippen LogP contribution is 2.21. The summed E-state index contributed by atoms with van der Waals surface area (Å²) in [4.78, 5) is 34.0. The predicted molar refractivity (Wildman–Crippen MR) is 140 cm³/mol. The number of nitrogens with zero attached hydrogens (tertiary/aromatic N) is 4. The molecule has 0 aliphatic heterocycles. The maximum absolute atomic E-state index is 14.1. The molecule has 0 saturated heterocycles. The molecule has 0 unspecified atom stereocenters. The molecule has 0 radical (unpaired) electrons. The highest BCUT2D eigenvalue weighted by atomic mass is 16.5. The summed E-state index contributed by atoms with van der Waals surface area (Å²) in [6.07, 6.45) is 2.39. The second-order valence-corrected chi connectivity index (χ2v) is 8.74. The van der Waals surface area contributed by atoms with Crippen LogP contribution in [-0.2, 0) is 24.4 Å². The molecule has 0 N–H and O–H groups in total. The number of carbonyl (C=O) groups is 1. The lowest BCUT2D eigenvalue weighted by atomic mass is 10.1. The molecule has 0 aliphatic carbocycles. The van der Waals surface area contributed by atoms with Gasteiger partial charge in [-0.3, -0.25) is 14.0 Å². The van der Waals surface area contributed by atoms with E-state index < -0.39 is 0 Å². The van der Waals surface area contributed by atoms with Crippen molar-refractivity contribution in [2.45, 2.75) is 26.1 Å². The van der Waals surface area contributed by atoms with Crippen molar-refractivity contribution in [2.75, 3.05) is 13.7 Å². The third-order valence-electron chi connectivity index (χ3n) is 6.25. The minimum Gasteiger partial charge on any atom is -0.385 e. The number of ether oxygens (including phenoxy) is 1. The van der Waals surface area contributed by atoms with Crippen LogP contribution in [-0.4, -0.2) is 38.5 Å². The second-order valence-electron chi connectivity index (χ2n) is 8.74. The van der Waals surface area contributed by atoms with Gasteiger partial charge in [0.25, 0.3) is 11.5 Å². The van der Waals surface area contributed by atoms with E-state index in [0.717, 1.165) is 11.1 Å². The van der Waals surface area contributed by atoms with Crippen LogP contribution < -0.4 is 5.56 Å². The molecule has 5 aromatic rings. The number of amides is 1. The van der Waals surface area contributed by atoms with Crippen molar-refractivity contribution in [3.8, 4) is 0 Å². The zero-order valence-corrected chi connectivity index (χ0v) is 20.2. The Labute approximate surface area is 209 Å². The summed E-state index contributed by atoms with van der Waals surface area (Å²) in [7, 11) is 1.65. The van der Waals surface area contributed by atoms with Gasteiger partial charge in [-0.2, -0.15) is 0 Å². The number of hydrogen-bond acceptors (Lipinski definition) is 4. The summed E-state index contributed by atoms with van der Waals surface area (Å²) in [5.74, 6) is -0.147. The van der Waals surface area contributed by atoms with Crippen LogP contribution in [0.1, 0.15) is 28.0 Å². The number of fused-ring (bicyclic) bond motifs is 2. The van der Waals surface area contributed by atoms with Gasteiger partial charge in [-0.05, 0) is 35.7 Å². The molecule has 1 amide bonds. The van der Waals surface area contributed by atoms with Gasteiger partial charge in [-0.1, -0.05) is 66.7 Å². The zero-order chi connectivity index (χ0) is 24.9. The molecule has 5 rings (SSSR count). The molecule has 2 aromatic carbocycles. The van der Waals surface area contributed by atoms with Crippen molar-refractivity contribution in [2.24, 2.45) is 0 Å². The zero-order valence-electron chi connectivity index (χ0n) is 20.2. The number of pyridine rings is 1. The lowest BCUT2D eigenvalue weighted by molar-refractivity contribution is 0.0718. The first-order chi connectivity index (χ1) is 17.7. The number of aromatic nitrogens is 3. The highest BCUT2D eigenvalue weighted by molar-refractivity contribution is 5.98. The van der Waals surface area contributed by atoms with Crippen LogP contribution in [0.25, 0.3) is 16.7 Å². The molecule has 0 saturated carbocycles. The summed E-state index contributed by atoms with van der Waals surface area (Å²) in [5, 5.41) is 0.429. The average molecular weight is 481 g/mol. The largest absolute Gasteiger partial charge is 0.385 e.